The van der Waals surface area contributed by atoms with E-state index in [0.717, 1.165) is 5.75 Å². The van der Waals surface area contributed by atoms with Crippen molar-refractivity contribution in [2.24, 2.45) is 0 Å². The fourth-order valence-corrected chi connectivity index (χ4v) is 2.62. The lowest BCUT2D eigenvalue weighted by molar-refractivity contribution is 0.102. The lowest BCUT2D eigenvalue weighted by Gasteiger charge is -2.11. The molecule has 0 spiro atoms. The van der Waals surface area contributed by atoms with Crippen LogP contribution in [0.15, 0.2) is 46.9 Å². The number of rotatable bonds is 4. The second-order valence-corrected chi connectivity index (χ2v) is 6.06. The summed E-state index contributed by atoms with van der Waals surface area (Å²) in [7, 11) is 0. The average Bonchev–Trinajstić information content (AvgIpc) is 2.40. The van der Waals surface area contributed by atoms with Gasteiger partial charge in [0.15, 0.2) is 0 Å². The summed E-state index contributed by atoms with van der Waals surface area (Å²) in [5.41, 5.74) is 1.24. The fraction of sp³-hybridized carbons (Fsp3) is 0.188. The smallest absolute Gasteiger partial charge is 0.256 e. The third kappa shape index (κ3) is 4.48. The third-order valence-corrected chi connectivity index (χ3v) is 3.55. The largest absolute Gasteiger partial charge is 0.491 e. The monoisotopic (exact) mass is 367 g/mol. The van der Waals surface area contributed by atoms with Gasteiger partial charge in [-0.3, -0.25) is 4.79 Å². The fourth-order valence-electron chi connectivity index (χ4n) is 1.76. The van der Waals surface area contributed by atoms with Crippen LogP contribution in [0.5, 0.6) is 5.75 Å². The van der Waals surface area contributed by atoms with Crippen LogP contribution in [0.25, 0.3) is 0 Å². The summed E-state index contributed by atoms with van der Waals surface area (Å²) in [4.78, 5) is 12.2. The van der Waals surface area contributed by atoms with E-state index < -0.39 is 0 Å². The molecule has 0 heterocycles. The first kappa shape index (κ1) is 15.9. The number of ether oxygens (including phenoxy) is 1. The molecule has 0 unspecified atom stereocenters. The van der Waals surface area contributed by atoms with Gasteiger partial charge in [-0.05, 0) is 72.2 Å². The summed E-state index contributed by atoms with van der Waals surface area (Å²) >= 11 is 9.20. The van der Waals surface area contributed by atoms with E-state index in [2.05, 4.69) is 21.2 Å². The highest BCUT2D eigenvalue weighted by molar-refractivity contribution is 9.10. The first-order valence-electron chi connectivity index (χ1n) is 6.49. The zero-order valence-electron chi connectivity index (χ0n) is 11.7. The van der Waals surface area contributed by atoms with Crippen LogP contribution in [-0.2, 0) is 0 Å². The molecule has 3 nitrogen and oxygen atoms in total. The molecule has 0 saturated heterocycles. The normalized spacial score (nSPS) is 10.5. The summed E-state index contributed by atoms with van der Waals surface area (Å²) in [6, 6.07) is 12.3. The molecule has 2 rings (SSSR count). The first-order chi connectivity index (χ1) is 9.95. The van der Waals surface area contributed by atoms with Crippen LogP contribution in [0.3, 0.4) is 0 Å². The summed E-state index contributed by atoms with van der Waals surface area (Å²) in [5, 5.41) is 3.41. The number of amides is 1. The zero-order chi connectivity index (χ0) is 15.4. The molecule has 21 heavy (non-hydrogen) atoms. The SMILES string of the molecule is CC(C)Oc1ccc(NC(=O)c2ccc(Cl)cc2Br)cc1. The highest BCUT2D eigenvalue weighted by Gasteiger charge is 2.10. The number of hydrogen-bond acceptors (Lipinski definition) is 2. The van der Waals surface area contributed by atoms with Crippen LogP contribution in [0, 0.1) is 0 Å². The maximum Gasteiger partial charge on any atom is 0.256 e. The minimum Gasteiger partial charge on any atom is -0.491 e. The molecule has 5 heteroatoms. The molecule has 1 amide bonds. The second kappa shape index (κ2) is 6.96. The molecule has 0 fully saturated rings. The molecule has 0 aliphatic rings. The molecule has 0 bridgehead atoms. The Bertz CT molecular complexity index is 641. The Labute approximate surface area is 137 Å². The Morgan fingerprint density at radius 3 is 2.43 bits per heavy atom. The Morgan fingerprint density at radius 1 is 1.19 bits per heavy atom. The van der Waals surface area contributed by atoms with Crippen molar-refractivity contribution in [3.8, 4) is 5.75 Å². The Hall–Kier alpha value is -1.52. The topological polar surface area (TPSA) is 38.3 Å². The van der Waals surface area contributed by atoms with Gasteiger partial charge in [0, 0.05) is 15.2 Å². The molecule has 0 aliphatic carbocycles. The summed E-state index contributed by atoms with van der Waals surface area (Å²) < 4.78 is 6.22. The van der Waals surface area contributed by atoms with Crippen molar-refractivity contribution < 1.29 is 9.53 Å². The van der Waals surface area contributed by atoms with Gasteiger partial charge in [0.1, 0.15) is 5.75 Å². The van der Waals surface area contributed by atoms with Gasteiger partial charge in [-0.2, -0.15) is 0 Å². The number of benzene rings is 2. The number of carbonyl (C=O) groups excluding carboxylic acids is 1. The Kier molecular flexibility index (Phi) is 5.26. The van der Waals surface area contributed by atoms with Gasteiger partial charge >= 0.3 is 0 Å². The van der Waals surface area contributed by atoms with Crippen LogP contribution < -0.4 is 10.1 Å². The molecule has 0 aliphatic heterocycles. The van der Waals surface area contributed by atoms with E-state index in [1.54, 1.807) is 30.3 Å². The van der Waals surface area contributed by atoms with E-state index in [1.807, 2.05) is 26.0 Å². The Morgan fingerprint density at radius 2 is 1.86 bits per heavy atom. The molecular formula is C16H15BrClNO2. The van der Waals surface area contributed by atoms with Crippen molar-refractivity contribution in [2.45, 2.75) is 20.0 Å². The average molecular weight is 369 g/mol. The summed E-state index contributed by atoms with van der Waals surface area (Å²) in [5.74, 6) is 0.576. The van der Waals surface area contributed by atoms with E-state index in [1.165, 1.54) is 0 Å². The number of hydrogen-bond donors (Lipinski definition) is 1. The van der Waals surface area contributed by atoms with Crippen molar-refractivity contribution in [1.82, 2.24) is 0 Å². The predicted molar refractivity (Wildman–Crippen MR) is 89.3 cm³/mol. The van der Waals surface area contributed by atoms with E-state index in [4.69, 9.17) is 16.3 Å². The van der Waals surface area contributed by atoms with Crippen molar-refractivity contribution in [3.63, 3.8) is 0 Å². The minimum atomic E-state index is -0.198. The standard InChI is InChI=1S/C16H15BrClNO2/c1-10(2)21-13-6-4-12(5-7-13)19-16(20)14-8-3-11(18)9-15(14)17/h3-10H,1-2H3,(H,19,20). The van der Waals surface area contributed by atoms with E-state index in [0.29, 0.717) is 20.7 Å². The zero-order valence-corrected chi connectivity index (χ0v) is 14.0. The second-order valence-electron chi connectivity index (χ2n) is 4.77. The molecule has 0 saturated carbocycles. The molecule has 110 valence electrons. The number of anilines is 1. The molecular weight excluding hydrogens is 354 g/mol. The highest BCUT2D eigenvalue weighted by atomic mass is 79.9. The lowest BCUT2D eigenvalue weighted by atomic mass is 10.2. The van der Waals surface area contributed by atoms with E-state index in [-0.39, 0.29) is 12.0 Å². The number of nitrogens with one attached hydrogen (secondary N) is 1. The number of halogens is 2. The van der Waals surface area contributed by atoms with Crippen LogP contribution >= 0.6 is 27.5 Å². The quantitative estimate of drug-likeness (QED) is 0.811. The predicted octanol–water partition coefficient (Wildman–Crippen LogP) is 5.14. The molecule has 0 aromatic heterocycles. The van der Waals surface area contributed by atoms with E-state index >= 15 is 0 Å². The molecule has 0 radical (unpaired) electrons. The van der Waals surface area contributed by atoms with Crippen LogP contribution in [0.4, 0.5) is 5.69 Å². The summed E-state index contributed by atoms with van der Waals surface area (Å²) in [6.07, 6.45) is 0.121. The Balaban J connectivity index is 2.08. The van der Waals surface area contributed by atoms with Crippen LogP contribution in [0.2, 0.25) is 5.02 Å². The van der Waals surface area contributed by atoms with Gasteiger partial charge in [-0.15, -0.1) is 0 Å². The van der Waals surface area contributed by atoms with E-state index in [9.17, 15) is 4.79 Å². The van der Waals surface area contributed by atoms with Crippen LogP contribution in [-0.4, -0.2) is 12.0 Å². The molecule has 0 atom stereocenters. The van der Waals surface area contributed by atoms with Crippen LogP contribution in [0.1, 0.15) is 24.2 Å². The van der Waals surface area contributed by atoms with Gasteiger partial charge in [0.25, 0.3) is 5.91 Å². The van der Waals surface area contributed by atoms with Gasteiger partial charge in [-0.1, -0.05) is 11.6 Å². The van der Waals surface area contributed by atoms with Crippen molar-refractivity contribution >= 4 is 39.1 Å². The summed E-state index contributed by atoms with van der Waals surface area (Å²) in [6.45, 7) is 3.93. The molecule has 2 aromatic rings. The van der Waals surface area contributed by atoms with Gasteiger partial charge in [0.2, 0.25) is 0 Å². The maximum atomic E-state index is 12.2. The van der Waals surface area contributed by atoms with Crippen molar-refractivity contribution in [3.05, 3.63) is 57.5 Å². The molecule has 2 aromatic carbocycles. The maximum absolute atomic E-state index is 12.2. The van der Waals surface area contributed by atoms with Gasteiger partial charge in [0.05, 0.1) is 11.7 Å². The third-order valence-electron chi connectivity index (χ3n) is 2.66. The molecule has 1 N–H and O–H groups in total. The first-order valence-corrected chi connectivity index (χ1v) is 7.66. The number of carbonyl (C=O) groups is 1. The minimum absolute atomic E-state index is 0.121. The van der Waals surface area contributed by atoms with Gasteiger partial charge in [-0.25, -0.2) is 0 Å². The van der Waals surface area contributed by atoms with Crippen molar-refractivity contribution in [1.29, 1.82) is 0 Å². The highest BCUT2D eigenvalue weighted by Crippen LogP contribution is 2.23. The van der Waals surface area contributed by atoms with Crippen molar-refractivity contribution in [2.75, 3.05) is 5.32 Å². The lowest BCUT2D eigenvalue weighted by Crippen LogP contribution is -2.12. The van der Waals surface area contributed by atoms with Gasteiger partial charge < -0.3 is 10.1 Å².